The minimum absolute atomic E-state index is 0.0190. The molecule has 0 aliphatic carbocycles. The molecule has 2 rings (SSSR count). The summed E-state index contributed by atoms with van der Waals surface area (Å²) in [5, 5.41) is 3.21. The van der Waals surface area contributed by atoms with Crippen LogP contribution < -0.4 is 9.62 Å². The molecule has 1 atom stereocenters. The molecule has 1 amide bonds. The van der Waals surface area contributed by atoms with E-state index in [0.29, 0.717) is 5.56 Å². The summed E-state index contributed by atoms with van der Waals surface area (Å²) in [6, 6.07) is 14.7. The number of nitrogens with zero attached hydrogens (tertiary/aromatic N) is 1. The normalized spacial score (nSPS) is 12.5. The average molecular weight is 395 g/mol. The van der Waals surface area contributed by atoms with Crippen molar-refractivity contribution in [2.45, 2.75) is 25.8 Å². The molecule has 2 aromatic carbocycles. The van der Waals surface area contributed by atoms with Crippen LogP contribution >= 0.6 is 11.6 Å². The van der Waals surface area contributed by atoms with E-state index in [9.17, 15) is 13.2 Å². The second-order valence-electron chi connectivity index (χ2n) is 6.30. The lowest BCUT2D eigenvalue weighted by Crippen LogP contribution is -2.33. The van der Waals surface area contributed by atoms with Gasteiger partial charge in [-0.05, 0) is 43.5 Å². The molecule has 140 valence electrons. The number of hydrogen-bond donors (Lipinski definition) is 1. The van der Waals surface area contributed by atoms with Gasteiger partial charge in [0.05, 0.1) is 17.0 Å². The van der Waals surface area contributed by atoms with Crippen molar-refractivity contribution in [1.29, 1.82) is 0 Å². The number of aryl methyl sites for hydroxylation is 1. The van der Waals surface area contributed by atoms with Gasteiger partial charge in [-0.3, -0.25) is 9.10 Å². The highest BCUT2D eigenvalue weighted by Crippen LogP contribution is 2.27. The smallest absolute Gasteiger partial charge is 0.251 e. The van der Waals surface area contributed by atoms with Crippen LogP contribution in [0.25, 0.3) is 0 Å². The number of hydrogen-bond acceptors (Lipinski definition) is 3. The van der Waals surface area contributed by atoms with Crippen LogP contribution in [0.1, 0.15) is 29.3 Å². The summed E-state index contributed by atoms with van der Waals surface area (Å²) >= 11 is 6.09. The van der Waals surface area contributed by atoms with Crippen molar-refractivity contribution in [1.82, 2.24) is 5.32 Å². The van der Waals surface area contributed by atoms with Crippen molar-refractivity contribution in [3.05, 3.63) is 64.7 Å². The summed E-state index contributed by atoms with van der Waals surface area (Å²) < 4.78 is 24.5. The number of benzene rings is 2. The zero-order valence-corrected chi connectivity index (χ0v) is 16.6. The number of halogens is 1. The van der Waals surface area contributed by atoms with Crippen LogP contribution in [-0.2, 0) is 16.4 Å². The minimum Gasteiger partial charge on any atom is -0.350 e. The van der Waals surface area contributed by atoms with Gasteiger partial charge in [-0.1, -0.05) is 41.9 Å². The van der Waals surface area contributed by atoms with Gasteiger partial charge in [0.1, 0.15) is 0 Å². The minimum atomic E-state index is -3.47. The second kappa shape index (κ2) is 8.56. The van der Waals surface area contributed by atoms with Crippen molar-refractivity contribution in [3.63, 3.8) is 0 Å². The largest absolute Gasteiger partial charge is 0.350 e. The zero-order chi connectivity index (χ0) is 19.3. The Morgan fingerprint density at radius 1 is 1.19 bits per heavy atom. The quantitative estimate of drug-likeness (QED) is 0.781. The molecule has 26 heavy (non-hydrogen) atoms. The Hall–Kier alpha value is -2.05. The Labute approximate surface area is 160 Å². The summed E-state index contributed by atoms with van der Waals surface area (Å²) in [4.78, 5) is 12.5. The topological polar surface area (TPSA) is 66.5 Å². The van der Waals surface area contributed by atoms with Crippen molar-refractivity contribution in [2.24, 2.45) is 0 Å². The monoisotopic (exact) mass is 394 g/mol. The van der Waals surface area contributed by atoms with Gasteiger partial charge >= 0.3 is 0 Å². The molecule has 0 fully saturated rings. The van der Waals surface area contributed by atoms with E-state index in [0.717, 1.165) is 23.4 Å². The second-order valence-corrected chi connectivity index (χ2v) is 8.72. The third-order valence-corrected chi connectivity index (χ3v) is 5.64. The lowest BCUT2D eigenvalue weighted by atomic mass is 10.1. The van der Waals surface area contributed by atoms with Crippen LogP contribution in [0.4, 0.5) is 5.69 Å². The maximum atomic E-state index is 12.5. The summed E-state index contributed by atoms with van der Waals surface area (Å²) in [6.45, 7) is 1.94. The molecule has 0 heterocycles. The summed E-state index contributed by atoms with van der Waals surface area (Å²) in [7, 11) is -2.06. The zero-order valence-electron chi connectivity index (χ0n) is 15.1. The average Bonchev–Trinajstić information content (AvgIpc) is 2.60. The van der Waals surface area contributed by atoms with E-state index in [4.69, 9.17) is 11.6 Å². The van der Waals surface area contributed by atoms with Gasteiger partial charge in [0.15, 0.2) is 0 Å². The van der Waals surface area contributed by atoms with Gasteiger partial charge in [0.25, 0.3) is 5.91 Å². The van der Waals surface area contributed by atoms with E-state index in [1.807, 2.05) is 25.1 Å². The van der Waals surface area contributed by atoms with Gasteiger partial charge in [-0.2, -0.15) is 0 Å². The summed E-state index contributed by atoms with van der Waals surface area (Å²) in [5.41, 5.74) is 1.86. The SMILES string of the molecule is C[C@@H](CCc1ccccc1)NC(=O)c1ccc(Cl)c(N(C)S(C)(=O)=O)c1. The lowest BCUT2D eigenvalue weighted by Gasteiger charge is -2.19. The molecule has 0 spiro atoms. The molecule has 5 nitrogen and oxygen atoms in total. The Kier molecular flexibility index (Phi) is 6.67. The van der Waals surface area contributed by atoms with Gasteiger partial charge in [0, 0.05) is 18.7 Å². The predicted molar refractivity (Wildman–Crippen MR) is 106 cm³/mol. The van der Waals surface area contributed by atoms with Crippen molar-refractivity contribution >= 4 is 33.2 Å². The number of rotatable bonds is 7. The highest BCUT2D eigenvalue weighted by molar-refractivity contribution is 7.92. The standard InChI is InChI=1S/C19H23ClN2O3S/c1-14(9-10-15-7-5-4-6-8-15)21-19(23)16-11-12-17(20)18(13-16)22(2)26(3,24)25/h4-8,11-14H,9-10H2,1-3H3,(H,21,23)/t14-/m0/s1. The number of carbonyl (C=O) groups is 1. The van der Waals surface area contributed by atoms with Gasteiger partial charge in [0.2, 0.25) is 10.0 Å². The van der Waals surface area contributed by atoms with E-state index >= 15 is 0 Å². The number of nitrogens with one attached hydrogen (secondary N) is 1. The first kappa shape index (κ1) is 20.3. The Bertz CT molecular complexity index is 870. The maximum absolute atomic E-state index is 12.5. The molecule has 0 aliphatic heterocycles. The summed E-state index contributed by atoms with van der Waals surface area (Å²) in [5.74, 6) is -0.259. The van der Waals surface area contributed by atoms with E-state index in [1.54, 1.807) is 6.07 Å². The van der Waals surface area contributed by atoms with Gasteiger partial charge < -0.3 is 5.32 Å². The van der Waals surface area contributed by atoms with Gasteiger partial charge in [-0.15, -0.1) is 0 Å². The van der Waals surface area contributed by atoms with Crippen LogP contribution in [0.5, 0.6) is 0 Å². The van der Waals surface area contributed by atoms with Crippen molar-refractivity contribution in [3.8, 4) is 0 Å². The molecular weight excluding hydrogens is 372 g/mol. The fourth-order valence-corrected chi connectivity index (χ4v) is 3.28. The third kappa shape index (κ3) is 5.47. The van der Waals surface area contributed by atoms with Crippen molar-refractivity contribution in [2.75, 3.05) is 17.6 Å². The number of anilines is 1. The molecular formula is C19H23ClN2O3S. The van der Waals surface area contributed by atoms with Crippen LogP contribution in [0, 0.1) is 0 Å². The Balaban J connectivity index is 2.05. The molecule has 0 saturated heterocycles. The van der Waals surface area contributed by atoms with Gasteiger partial charge in [-0.25, -0.2) is 8.42 Å². The lowest BCUT2D eigenvalue weighted by molar-refractivity contribution is 0.0938. The molecule has 2 aromatic rings. The highest BCUT2D eigenvalue weighted by Gasteiger charge is 2.18. The number of carbonyl (C=O) groups excluding carboxylic acids is 1. The highest BCUT2D eigenvalue weighted by atomic mass is 35.5. The molecule has 0 unspecified atom stereocenters. The number of amides is 1. The van der Waals surface area contributed by atoms with Crippen LogP contribution in [0.2, 0.25) is 5.02 Å². The van der Waals surface area contributed by atoms with Crippen LogP contribution in [0.3, 0.4) is 0 Å². The molecule has 0 bridgehead atoms. The van der Waals surface area contributed by atoms with E-state index in [1.165, 1.54) is 24.7 Å². The fourth-order valence-electron chi connectivity index (χ4n) is 2.48. The first-order chi connectivity index (χ1) is 12.2. The third-order valence-electron chi connectivity index (χ3n) is 4.13. The Morgan fingerprint density at radius 2 is 1.85 bits per heavy atom. The molecule has 7 heteroatoms. The molecule has 1 N–H and O–H groups in total. The fraction of sp³-hybridized carbons (Fsp3) is 0.316. The van der Waals surface area contributed by atoms with E-state index in [-0.39, 0.29) is 22.7 Å². The molecule has 0 aromatic heterocycles. The first-order valence-corrected chi connectivity index (χ1v) is 10.5. The van der Waals surface area contributed by atoms with E-state index in [2.05, 4.69) is 17.4 Å². The molecule has 0 radical (unpaired) electrons. The van der Waals surface area contributed by atoms with E-state index < -0.39 is 10.0 Å². The number of sulfonamides is 1. The van der Waals surface area contributed by atoms with Crippen LogP contribution in [0.15, 0.2) is 48.5 Å². The van der Waals surface area contributed by atoms with Crippen LogP contribution in [-0.4, -0.2) is 33.7 Å². The molecule has 0 aliphatic rings. The predicted octanol–water partition coefficient (Wildman–Crippen LogP) is 3.49. The van der Waals surface area contributed by atoms with Crippen molar-refractivity contribution < 1.29 is 13.2 Å². The first-order valence-electron chi connectivity index (χ1n) is 8.26. The maximum Gasteiger partial charge on any atom is 0.251 e. The molecule has 0 saturated carbocycles. The summed E-state index contributed by atoms with van der Waals surface area (Å²) in [6.07, 6.45) is 2.76. The Morgan fingerprint density at radius 3 is 2.46 bits per heavy atom.